The monoisotopic (exact) mass is 548 g/mol. The van der Waals surface area contributed by atoms with Gasteiger partial charge in [0.15, 0.2) is 11.1 Å². The second-order valence-corrected chi connectivity index (χ2v) is 11.4. The van der Waals surface area contributed by atoms with Gasteiger partial charge in [-0.25, -0.2) is 9.78 Å². The van der Waals surface area contributed by atoms with Crippen LogP contribution in [0.3, 0.4) is 0 Å². The molecule has 1 saturated heterocycles. The minimum atomic E-state index is -0.501. The van der Waals surface area contributed by atoms with E-state index in [-0.39, 0.29) is 23.5 Å². The summed E-state index contributed by atoms with van der Waals surface area (Å²) in [5.41, 5.74) is 1.65. The van der Waals surface area contributed by atoms with Gasteiger partial charge in [0.1, 0.15) is 5.69 Å². The van der Waals surface area contributed by atoms with Crippen molar-refractivity contribution in [3.05, 3.63) is 56.2 Å². The van der Waals surface area contributed by atoms with E-state index in [4.69, 9.17) is 9.98 Å². The Morgan fingerprint density at radius 1 is 1.28 bits per heavy atom. The number of hydrogen-bond donors (Lipinski definition) is 4. The van der Waals surface area contributed by atoms with Gasteiger partial charge < -0.3 is 20.3 Å². The van der Waals surface area contributed by atoms with Crippen LogP contribution in [0.15, 0.2) is 34.2 Å². The van der Waals surface area contributed by atoms with Crippen LogP contribution in [0.1, 0.15) is 60.8 Å². The second kappa shape index (κ2) is 10.8. The molecule has 2 aliphatic rings. The van der Waals surface area contributed by atoms with Crippen LogP contribution in [0.25, 0.3) is 22.3 Å². The molecule has 0 radical (unpaired) electrons. The average molecular weight is 549 g/mol. The number of amides is 1. The molecule has 1 atom stereocenters. The first kappa shape index (κ1) is 25.5. The zero-order valence-electron chi connectivity index (χ0n) is 21.8. The van der Waals surface area contributed by atoms with Crippen LogP contribution in [0.2, 0.25) is 0 Å². The number of nitrogens with zero attached hydrogens (tertiary/aromatic N) is 5. The molecule has 39 heavy (non-hydrogen) atoms. The fourth-order valence-electron chi connectivity index (χ4n) is 4.98. The van der Waals surface area contributed by atoms with Gasteiger partial charge >= 0.3 is 5.69 Å². The summed E-state index contributed by atoms with van der Waals surface area (Å²) >= 11 is 1.39. The van der Waals surface area contributed by atoms with E-state index in [1.165, 1.54) is 30.6 Å². The van der Waals surface area contributed by atoms with Gasteiger partial charge in [-0.15, -0.1) is 11.3 Å². The Morgan fingerprint density at radius 2 is 2.15 bits per heavy atom. The summed E-state index contributed by atoms with van der Waals surface area (Å²) in [4.78, 5) is 42.9. The van der Waals surface area contributed by atoms with Gasteiger partial charge in [0.05, 0.1) is 27.7 Å². The Hall–Kier alpha value is -3.77. The van der Waals surface area contributed by atoms with Crippen molar-refractivity contribution in [1.82, 2.24) is 34.8 Å². The highest BCUT2D eigenvalue weighted by molar-refractivity contribution is 7.17. The van der Waals surface area contributed by atoms with Crippen LogP contribution in [0.4, 0.5) is 0 Å². The minimum Gasteiger partial charge on any atom is -0.493 e. The molecule has 1 aliphatic heterocycles. The molecular weight excluding hydrogens is 516 g/mol. The number of imidazole rings is 1. The molecule has 6 rings (SSSR count). The van der Waals surface area contributed by atoms with Gasteiger partial charge in [0.2, 0.25) is 5.88 Å². The maximum atomic E-state index is 12.9. The van der Waals surface area contributed by atoms with E-state index in [9.17, 15) is 14.7 Å². The first-order valence-corrected chi connectivity index (χ1v) is 14.3. The molecule has 12 heteroatoms. The summed E-state index contributed by atoms with van der Waals surface area (Å²) in [5.74, 6) is -0.329. The molecule has 4 aromatic heterocycles. The number of fused-ring (bicyclic) bond motifs is 1. The van der Waals surface area contributed by atoms with Crippen LogP contribution < -0.4 is 21.7 Å². The van der Waals surface area contributed by atoms with Crippen molar-refractivity contribution in [3.8, 4) is 16.5 Å². The van der Waals surface area contributed by atoms with E-state index in [0.29, 0.717) is 39.5 Å². The molecule has 1 unspecified atom stereocenters. The number of thiophene rings is 1. The standard InChI is InChI=1S/C27H32N8O3S/c1-16-5-2-3-11-34(16)12-4-10-28-26(37)22-9-8-21(39-22)19-14-23(30-18-6-7-18)35-24(31-19)17(15-29-35)13-20-25(36)33-27(38)32-20/h8-9,13-16,18,36H,2-7,10-12H2,1H3,(H,28,37)(H2,32,33,38). The summed E-state index contributed by atoms with van der Waals surface area (Å²) in [6.45, 7) is 5.09. The van der Waals surface area contributed by atoms with E-state index >= 15 is 0 Å². The number of nitrogens with one attached hydrogen (secondary N) is 3. The maximum absolute atomic E-state index is 12.9. The van der Waals surface area contributed by atoms with Crippen LogP contribution in [0.5, 0.6) is 5.88 Å². The summed E-state index contributed by atoms with van der Waals surface area (Å²) in [6, 6.07) is 6.52. The SMILES string of the molecule is CC1CCCCN1CCCNC(=O)c1ccc(-c2cc(=NC3CC3)n3ncc(=Cc4[nH]c(=O)[nH]c4O)c3n2)s1. The lowest BCUT2D eigenvalue weighted by Gasteiger charge is -2.33. The van der Waals surface area contributed by atoms with Crippen LogP contribution in [0, 0.1) is 0 Å². The van der Waals surface area contributed by atoms with Crippen molar-refractivity contribution in [2.24, 2.45) is 4.99 Å². The highest BCUT2D eigenvalue weighted by Gasteiger charge is 2.21. The Balaban J connectivity index is 1.23. The molecule has 0 spiro atoms. The summed E-state index contributed by atoms with van der Waals surface area (Å²) in [7, 11) is 0. The number of aromatic amines is 2. The molecule has 2 fully saturated rings. The normalized spacial score (nSPS) is 19.3. The lowest BCUT2D eigenvalue weighted by molar-refractivity contribution is 0.0953. The number of aromatic hydroxyl groups is 1. The molecule has 204 valence electrons. The van der Waals surface area contributed by atoms with Crippen molar-refractivity contribution >= 4 is 29.0 Å². The number of aromatic nitrogens is 5. The topological polar surface area (TPSA) is 144 Å². The van der Waals surface area contributed by atoms with Crippen molar-refractivity contribution < 1.29 is 9.90 Å². The van der Waals surface area contributed by atoms with Crippen molar-refractivity contribution in [2.45, 2.75) is 57.5 Å². The Labute approximate surface area is 228 Å². The first-order valence-electron chi connectivity index (χ1n) is 13.5. The molecule has 11 nitrogen and oxygen atoms in total. The Bertz CT molecular complexity index is 1680. The van der Waals surface area contributed by atoms with Gasteiger partial charge in [0, 0.05) is 30.4 Å². The van der Waals surface area contributed by atoms with Crippen LogP contribution >= 0.6 is 11.3 Å². The van der Waals surface area contributed by atoms with E-state index < -0.39 is 5.69 Å². The molecule has 1 saturated carbocycles. The second-order valence-electron chi connectivity index (χ2n) is 10.3. The predicted octanol–water partition coefficient (Wildman–Crippen LogP) is 1.78. The van der Waals surface area contributed by atoms with Gasteiger partial charge in [-0.2, -0.15) is 9.61 Å². The van der Waals surface area contributed by atoms with Crippen molar-refractivity contribution in [1.29, 1.82) is 0 Å². The smallest absolute Gasteiger partial charge is 0.326 e. The Kier molecular flexibility index (Phi) is 7.05. The molecule has 5 heterocycles. The van der Waals surface area contributed by atoms with E-state index in [1.807, 2.05) is 18.2 Å². The largest absolute Gasteiger partial charge is 0.493 e. The lowest BCUT2D eigenvalue weighted by Crippen LogP contribution is -2.39. The quantitative estimate of drug-likeness (QED) is 0.247. The van der Waals surface area contributed by atoms with E-state index in [1.54, 1.807) is 16.8 Å². The number of rotatable bonds is 8. The summed E-state index contributed by atoms with van der Waals surface area (Å²) in [6.07, 6.45) is 10.1. The molecule has 1 aliphatic carbocycles. The number of carbonyl (C=O) groups excluding carboxylic acids is 1. The molecule has 4 aromatic rings. The zero-order chi connectivity index (χ0) is 26.9. The number of hydrogen-bond acceptors (Lipinski definition) is 8. The molecule has 1 amide bonds. The van der Waals surface area contributed by atoms with Gasteiger partial charge in [-0.1, -0.05) is 6.42 Å². The number of piperidine rings is 1. The van der Waals surface area contributed by atoms with Gasteiger partial charge in [-0.3, -0.25) is 14.8 Å². The molecule has 4 N–H and O–H groups in total. The fourth-order valence-corrected chi connectivity index (χ4v) is 5.86. The number of H-pyrrole nitrogens is 2. The Morgan fingerprint density at radius 3 is 2.92 bits per heavy atom. The van der Waals surface area contributed by atoms with Crippen LogP contribution in [-0.4, -0.2) is 72.2 Å². The maximum Gasteiger partial charge on any atom is 0.326 e. The highest BCUT2D eigenvalue weighted by Crippen LogP contribution is 2.27. The van der Waals surface area contributed by atoms with E-state index in [0.717, 1.165) is 37.2 Å². The first-order chi connectivity index (χ1) is 18.9. The number of carbonyl (C=O) groups is 1. The van der Waals surface area contributed by atoms with E-state index in [2.05, 4.69) is 32.2 Å². The fraction of sp³-hybridized carbons (Fsp3) is 0.444. The third-order valence-electron chi connectivity index (χ3n) is 7.31. The summed E-state index contributed by atoms with van der Waals surface area (Å²) < 4.78 is 1.67. The van der Waals surface area contributed by atoms with Gasteiger partial charge in [-0.05, 0) is 63.8 Å². The summed E-state index contributed by atoms with van der Waals surface area (Å²) in [5, 5.41) is 18.1. The van der Waals surface area contributed by atoms with Gasteiger partial charge in [0.25, 0.3) is 5.91 Å². The van der Waals surface area contributed by atoms with Crippen molar-refractivity contribution in [2.75, 3.05) is 19.6 Å². The number of likely N-dealkylation sites (tertiary alicyclic amines) is 1. The molecule has 0 bridgehead atoms. The third-order valence-corrected chi connectivity index (χ3v) is 8.41. The predicted molar refractivity (Wildman–Crippen MR) is 149 cm³/mol. The minimum absolute atomic E-state index is 0.0767. The zero-order valence-corrected chi connectivity index (χ0v) is 22.6. The third kappa shape index (κ3) is 5.66. The average Bonchev–Trinajstić information content (AvgIpc) is 3.29. The van der Waals surface area contributed by atoms with Crippen LogP contribution in [-0.2, 0) is 0 Å². The van der Waals surface area contributed by atoms with Crippen molar-refractivity contribution in [3.63, 3.8) is 0 Å². The highest BCUT2D eigenvalue weighted by atomic mass is 32.1. The molecular formula is C27H32N8O3S. The lowest BCUT2D eigenvalue weighted by atomic mass is 10.0. The molecule has 0 aromatic carbocycles.